The van der Waals surface area contributed by atoms with E-state index in [1.807, 2.05) is 12.1 Å². The van der Waals surface area contributed by atoms with Crippen molar-refractivity contribution in [3.05, 3.63) is 28.8 Å². The molecule has 0 spiro atoms. The van der Waals surface area contributed by atoms with Crippen molar-refractivity contribution in [1.29, 1.82) is 0 Å². The molecule has 0 unspecified atom stereocenters. The molecule has 0 saturated carbocycles. The van der Waals surface area contributed by atoms with E-state index in [9.17, 15) is 0 Å². The van der Waals surface area contributed by atoms with E-state index in [-0.39, 0.29) is 0 Å². The molecule has 0 aliphatic carbocycles. The average molecular weight is 270 g/mol. The van der Waals surface area contributed by atoms with Gasteiger partial charge in [-0.25, -0.2) is 4.99 Å². The molecule has 1 aromatic rings. The quantitative estimate of drug-likeness (QED) is 0.474. The topological polar surface area (TPSA) is 59.6 Å². The smallest absolute Gasteiger partial charge is 0.188 e. The zero-order valence-electron chi connectivity index (χ0n) is 10.9. The molecule has 0 aliphatic rings. The van der Waals surface area contributed by atoms with Crippen molar-refractivity contribution in [3.8, 4) is 5.75 Å². The molecule has 0 amide bonds. The van der Waals surface area contributed by atoms with Gasteiger partial charge in [0.05, 0.1) is 13.7 Å². The second-order valence-corrected chi connectivity index (χ2v) is 4.37. The van der Waals surface area contributed by atoms with Gasteiger partial charge in [-0.2, -0.15) is 0 Å². The van der Waals surface area contributed by atoms with E-state index in [4.69, 9.17) is 22.1 Å². The second-order valence-electron chi connectivity index (χ2n) is 3.94. The van der Waals surface area contributed by atoms with Crippen LogP contribution in [0, 0.1) is 0 Å². The van der Waals surface area contributed by atoms with E-state index >= 15 is 0 Å². The lowest BCUT2D eigenvalue weighted by molar-refractivity contribution is 0.410. The van der Waals surface area contributed by atoms with Gasteiger partial charge in [0.25, 0.3) is 0 Å². The third-order valence-electron chi connectivity index (χ3n) is 2.51. The monoisotopic (exact) mass is 269 g/mol. The second kappa shape index (κ2) is 7.82. The first-order valence-corrected chi connectivity index (χ1v) is 6.41. The molecule has 100 valence electrons. The Morgan fingerprint density at radius 1 is 1.50 bits per heavy atom. The van der Waals surface area contributed by atoms with Gasteiger partial charge in [-0.3, -0.25) is 0 Å². The number of rotatable bonds is 6. The number of hydrogen-bond acceptors (Lipinski definition) is 2. The Balaban J connectivity index is 2.59. The molecule has 0 heterocycles. The van der Waals surface area contributed by atoms with Crippen molar-refractivity contribution in [2.45, 2.75) is 26.3 Å². The number of guanidine groups is 1. The fourth-order valence-electron chi connectivity index (χ4n) is 1.47. The molecule has 0 bridgehead atoms. The lowest BCUT2D eigenvalue weighted by Gasteiger charge is -2.08. The summed E-state index contributed by atoms with van der Waals surface area (Å²) in [5.74, 6) is 1.19. The van der Waals surface area contributed by atoms with Crippen molar-refractivity contribution in [1.82, 2.24) is 5.32 Å². The lowest BCUT2D eigenvalue weighted by Crippen LogP contribution is -2.32. The highest BCUT2D eigenvalue weighted by Crippen LogP contribution is 2.23. The first-order chi connectivity index (χ1) is 8.67. The summed E-state index contributed by atoms with van der Waals surface area (Å²) in [6.45, 7) is 3.46. The van der Waals surface area contributed by atoms with Crippen LogP contribution in [0.25, 0.3) is 0 Å². The third kappa shape index (κ3) is 4.84. The van der Waals surface area contributed by atoms with E-state index in [0.717, 1.165) is 30.7 Å². The zero-order valence-corrected chi connectivity index (χ0v) is 11.6. The van der Waals surface area contributed by atoms with Gasteiger partial charge >= 0.3 is 0 Å². The van der Waals surface area contributed by atoms with Crippen LogP contribution in [0.3, 0.4) is 0 Å². The molecule has 0 fully saturated rings. The molecule has 0 atom stereocenters. The van der Waals surface area contributed by atoms with Crippen molar-refractivity contribution in [2.24, 2.45) is 10.7 Å². The number of nitrogens with two attached hydrogens (primary N) is 1. The van der Waals surface area contributed by atoms with Crippen molar-refractivity contribution in [3.63, 3.8) is 0 Å². The van der Waals surface area contributed by atoms with E-state index in [1.54, 1.807) is 13.2 Å². The predicted molar refractivity (Wildman–Crippen MR) is 76.2 cm³/mol. The van der Waals surface area contributed by atoms with E-state index < -0.39 is 0 Å². The molecule has 3 N–H and O–H groups in total. The maximum absolute atomic E-state index is 5.89. The minimum atomic E-state index is 0.459. The summed E-state index contributed by atoms with van der Waals surface area (Å²) < 4.78 is 5.24. The highest BCUT2D eigenvalue weighted by molar-refractivity contribution is 6.30. The van der Waals surface area contributed by atoms with Gasteiger partial charge < -0.3 is 15.8 Å². The van der Waals surface area contributed by atoms with E-state index in [1.165, 1.54) is 0 Å². The summed E-state index contributed by atoms with van der Waals surface area (Å²) in [6, 6.07) is 5.48. The Hall–Kier alpha value is -1.42. The predicted octanol–water partition coefficient (Wildman–Crippen LogP) is 2.55. The highest BCUT2D eigenvalue weighted by Gasteiger charge is 2.03. The van der Waals surface area contributed by atoms with E-state index in [0.29, 0.717) is 17.5 Å². The Kier molecular flexibility index (Phi) is 6.36. The molecule has 1 rings (SSSR count). The molecule has 0 radical (unpaired) electrons. The van der Waals surface area contributed by atoms with Crippen LogP contribution in [-0.2, 0) is 6.54 Å². The van der Waals surface area contributed by atoms with Gasteiger partial charge in [0.15, 0.2) is 5.96 Å². The number of aliphatic imine (C=N–C) groups is 1. The van der Waals surface area contributed by atoms with Gasteiger partial charge in [0.2, 0.25) is 0 Å². The summed E-state index contributed by atoms with van der Waals surface area (Å²) in [6.07, 6.45) is 2.21. The van der Waals surface area contributed by atoms with Crippen LogP contribution in [0.1, 0.15) is 25.3 Å². The SMILES string of the molecule is CCCCNC(N)=NCc1ccc(Cl)cc1OC. The number of benzene rings is 1. The van der Waals surface area contributed by atoms with Gasteiger partial charge in [0, 0.05) is 17.1 Å². The van der Waals surface area contributed by atoms with E-state index in [2.05, 4.69) is 17.2 Å². The number of ether oxygens (including phenoxy) is 1. The summed E-state index contributed by atoms with van der Waals surface area (Å²) in [5.41, 5.74) is 6.72. The van der Waals surface area contributed by atoms with Crippen LogP contribution >= 0.6 is 11.6 Å². The Bertz CT molecular complexity index is 407. The van der Waals surface area contributed by atoms with Crippen LogP contribution in [0.2, 0.25) is 5.02 Å². The number of halogens is 1. The highest BCUT2D eigenvalue weighted by atomic mass is 35.5. The summed E-state index contributed by atoms with van der Waals surface area (Å²) in [4.78, 5) is 4.26. The molecule has 0 aliphatic heterocycles. The van der Waals surface area contributed by atoms with Gasteiger partial charge in [-0.15, -0.1) is 0 Å². The van der Waals surface area contributed by atoms with Crippen molar-refractivity contribution < 1.29 is 4.74 Å². The molecule has 18 heavy (non-hydrogen) atoms. The summed E-state index contributed by atoms with van der Waals surface area (Å²) in [5, 5.41) is 3.71. The Morgan fingerprint density at radius 3 is 2.94 bits per heavy atom. The van der Waals surface area contributed by atoms with Crippen LogP contribution in [0.15, 0.2) is 23.2 Å². The number of unbranched alkanes of at least 4 members (excludes halogenated alkanes) is 1. The minimum absolute atomic E-state index is 0.459. The summed E-state index contributed by atoms with van der Waals surface area (Å²) >= 11 is 5.89. The standard InChI is InChI=1S/C13H20ClN3O/c1-3-4-7-16-13(15)17-9-10-5-6-11(14)8-12(10)18-2/h5-6,8H,3-4,7,9H2,1-2H3,(H3,15,16,17). The molecule has 4 nitrogen and oxygen atoms in total. The first-order valence-electron chi connectivity index (χ1n) is 6.03. The average Bonchev–Trinajstić information content (AvgIpc) is 2.37. The lowest BCUT2D eigenvalue weighted by atomic mass is 10.2. The van der Waals surface area contributed by atoms with Crippen LogP contribution in [0.5, 0.6) is 5.75 Å². The number of nitrogens with zero attached hydrogens (tertiary/aromatic N) is 1. The molecule has 0 aromatic heterocycles. The number of hydrogen-bond donors (Lipinski definition) is 2. The van der Waals surface area contributed by atoms with Crippen LogP contribution in [-0.4, -0.2) is 19.6 Å². The molecular weight excluding hydrogens is 250 g/mol. The number of nitrogens with one attached hydrogen (secondary N) is 1. The van der Waals surface area contributed by atoms with Gasteiger partial charge in [-0.05, 0) is 18.6 Å². The van der Waals surface area contributed by atoms with Gasteiger partial charge in [0.1, 0.15) is 5.75 Å². The van der Waals surface area contributed by atoms with Gasteiger partial charge in [-0.1, -0.05) is 31.0 Å². The maximum atomic E-state index is 5.89. The molecule has 1 aromatic carbocycles. The number of methoxy groups -OCH3 is 1. The minimum Gasteiger partial charge on any atom is -0.496 e. The normalized spacial score (nSPS) is 11.4. The molecule has 5 heteroatoms. The first kappa shape index (κ1) is 14.6. The molecule has 0 saturated heterocycles. The molecular formula is C13H20ClN3O. The largest absolute Gasteiger partial charge is 0.496 e. The Morgan fingerprint density at radius 2 is 2.28 bits per heavy atom. The van der Waals surface area contributed by atoms with Crippen LogP contribution in [0.4, 0.5) is 0 Å². The van der Waals surface area contributed by atoms with Crippen LogP contribution < -0.4 is 15.8 Å². The fraction of sp³-hybridized carbons (Fsp3) is 0.462. The maximum Gasteiger partial charge on any atom is 0.188 e. The van der Waals surface area contributed by atoms with Crippen molar-refractivity contribution in [2.75, 3.05) is 13.7 Å². The third-order valence-corrected chi connectivity index (χ3v) is 2.74. The zero-order chi connectivity index (χ0) is 13.4. The fourth-order valence-corrected chi connectivity index (χ4v) is 1.63. The summed E-state index contributed by atoms with van der Waals surface area (Å²) in [7, 11) is 1.61. The van der Waals surface area contributed by atoms with Crippen molar-refractivity contribution >= 4 is 17.6 Å². The Labute approximate surface area is 113 Å².